The van der Waals surface area contributed by atoms with E-state index in [1.54, 1.807) is 0 Å². The summed E-state index contributed by atoms with van der Waals surface area (Å²) in [5.74, 6) is 0.863. The Labute approximate surface area is 109 Å². The number of H-pyrrole nitrogens is 1. The van der Waals surface area contributed by atoms with E-state index in [0.29, 0.717) is 18.3 Å². The van der Waals surface area contributed by atoms with Gasteiger partial charge >= 0.3 is 0 Å². The van der Waals surface area contributed by atoms with Crippen molar-refractivity contribution in [2.45, 2.75) is 40.0 Å². The standard InChI is InChI=1S/C13H24N4O/c1-4-5-11-7-12(17-16-11)15-13(18)10(8-14)6-9(2)3/h7,9-10H,4-6,8,14H2,1-3H3,(H2,15,16,17,18). The van der Waals surface area contributed by atoms with Crippen LogP contribution in [0.2, 0.25) is 0 Å². The van der Waals surface area contributed by atoms with Crippen LogP contribution >= 0.6 is 0 Å². The second-order valence-corrected chi connectivity index (χ2v) is 5.08. The summed E-state index contributed by atoms with van der Waals surface area (Å²) in [6.45, 7) is 6.65. The highest BCUT2D eigenvalue weighted by Gasteiger charge is 2.19. The zero-order valence-corrected chi connectivity index (χ0v) is 11.5. The van der Waals surface area contributed by atoms with Crippen LogP contribution < -0.4 is 11.1 Å². The van der Waals surface area contributed by atoms with Crippen molar-refractivity contribution in [1.29, 1.82) is 0 Å². The van der Waals surface area contributed by atoms with E-state index in [0.717, 1.165) is 25.0 Å². The van der Waals surface area contributed by atoms with Gasteiger partial charge in [-0.2, -0.15) is 5.10 Å². The first-order chi connectivity index (χ1) is 8.56. The highest BCUT2D eigenvalue weighted by Crippen LogP contribution is 2.14. The molecule has 18 heavy (non-hydrogen) atoms. The number of nitrogens with one attached hydrogen (secondary N) is 2. The third-order valence-corrected chi connectivity index (χ3v) is 2.81. The van der Waals surface area contributed by atoms with E-state index in [2.05, 4.69) is 36.3 Å². The fraction of sp³-hybridized carbons (Fsp3) is 0.692. The molecular weight excluding hydrogens is 228 g/mol. The predicted molar refractivity (Wildman–Crippen MR) is 73.2 cm³/mol. The molecule has 5 heteroatoms. The van der Waals surface area contributed by atoms with Crippen molar-refractivity contribution in [3.8, 4) is 0 Å². The summed E-state index contributed by atoms with van der Waals surface area (Å²) < 4.78 is 0. The monoisotopic (exact) mass is 252 g/mol. The second-order valence-electron chi connectivity index (χ2n) is 5.08. The summed E-state index contributed by atoms with van der Waals surface area (Å²) >= 11 is 0. The van der Waals surface area contributed by atoms with Crippen LogP contribution in [0.5, 0.6) is 0 Å². The van der Waals surface area contributed by atoms with Gasteiger partial charge < -0.3 is 11.1 Å². The number of hydrogen-bond donors (Lipinski definition) is 3. The Morgan fingerprint density at radius 1 is 1.56 bits per heavy atom. The number of aryl methyl sites for hydroxylation is 1. The van der Waals surface area contributed by atoms with E-state index in [1.807, 2.05) is 6.07 Å². The lowest BCUT2D eigenvalue weighted by Gasteiger charge is -2.15. The number of hydrogen-bond acceptors (Lipinski definition) is 3. The van der Waals surface area contributed by atoms with Gasteiger partial charge in [-0.1, -0.05) is 27.2 Å². The first kappa shape index (κ1) is 14.7. The summed E-state index contributed by atoms with van der Waals surface area (Å²) in [6, 6.07) is 1.88. The van der Waals surface area contributed by atoms with Crippen LogP contribution in [0.3, 0.4) is 0 Å². The number of nitrogens with two attached hydrogens (primary N) is 1. The van der Waals surface area contributed by atoms with Crippen LogP contribution in [0.15, 0.2) is 6.07 Å². The van der Waals surface area contributed by atoms with E-state index in [4.69, 9.17) is 5.73 Å². The molecule has 102 valence electrons. The maximum atomic E-state index is 12.0. The fourth-order valence-corrected chi connectivity index (χ4v) is 1.93. The molecule has 1 aromatic rings. The normalized spacial score (nSPS) is 12.7. The molecule has 0 radical (unpaired) electrons. The summed E-state index contributed by atoms with van der Waals surface area (Å²) in [6.07, 6.45) is 2.79. The maximum absolute atomic E-state index is 12.0. The van der Waals surface area contributed by atoms with Gasteiger partial charge in [0.25, 0.3) is 0 Å². The van der Waals surface area contributed by atoms with Gasteiger partial charge in [0, 0.05) is 18.3 Å². The zero-order chi connectivity index (χ0) is 13.5. The number of carbonyl (C=O) groups excluding carboxylic acids is 1. The molecule has 0 aliphatic heterocycles. The quantitative estimate of drug-likeness (QED) is 0.693. The van der Waals surface area contributed by atoms with E-state index in [9.17, 15) is 4.79 Å². The highest BCUT2D eigenvalue weighted by atomic mass is 16.2. The van der Waals surface area contributed by atoms with Crippen LogP contribution in [-0.2, 0) is 11.2 Å². The van der Waals surface area contributed by atoms with Crippen molar-refractivity contribution in [2.24, 2.45) is 17.6 Å². The first-order valence-corrected chi connectivity index (χ1v) is 6.62. The van der Waals surface area contributed by atoms with Crippen molar-refractivity contribution >= 4 is 11.7 Å². The number of anilines is 1. The number of nitrogens with zero attached hydrogens (tertiary/aromatic N) is 1. The maximum Gasteiger partial charge on any atom is 0.229 e. The van der Waals surface area contributed by atoms with Gasteiger partial charge in [0.1, 0.15) is 0 Å². The Hall–Kier alpha value is -1.36. The Bertz CT molecular complexity index is 373. The van der Waals surface area contributed by atoms with Gasteiger partial charge in [-0.3, -0.25) is 9.89 Å². The van der Waals surface area contributed by atoms with E-state index >= 15 is 0 Å². The molecule has 1 amide bonds. The molecule has 1 unspecified atom stereocenters. The molecule has 1 rings (SSSR count). The molecule has 0 saturated heterocycles. The van der Waals surface area contributed by atoms with Crippen LogP contribution in [0.25, 0.3) is 0 Å². The number of carbonyl (C=O) groups is 1. The van der Waals surface area contributed by atoms with Crippen molar-refractivity contribution in [1.82, 2.24) is 10.2 Å². The number of amides is 1. The lowest BCUT2D eigenvalue weighted by molar-refractivity contribution is -0.120. The van der Waals surface area contributed by atoms with Crippen LogP contribution in [-0.4, -0.2) is 22.6 Å². The number of aromatic amines is 1. The second kappa shape index (κ2) is 7.16. The molecule has 0 aromatic carbocycles. The fourth-order valence-electron chi connectivity index (χ4n) is 1.93. The minimum absolute atomic E-state index is 0.0410. The van der Waals surface area contributed by atoms with Crippen molar-refractivity contribution in [3.05, 3.63) is 11.8 Å². The molecule has 1 heterocycles. The van der Waals surface area contributed by atoms with Gasteiger partial charge in [0.15, 0.2) is 5.82 Å². The minimum atomic E-state index is -0.142. The lowest BCUT2D eigenvalue weighted by Crippen LogP contribution is -2.30. The Morgan fingerprint density at radius 2 is 2.28 bits per heavy atom. The molecule has 0 saturated carbocycles. The topological polar surface area (TPSA) is 83.8 Å². The van der Waals surface area contributed by atoms with Crippen molar-refractivity contribution < 1.29 is 4.79 Å². The average molecular weight is 252 g/mol. The van der Waals surface area contributed by atoms with Gasteiger partial charge in [-0.05, 0) is 18.8 Å². The summed E-state index contributed by atoms with van der Waals surface area (Å²) in [5.41, 5.74) is 6.68. The van der Waals surface area contributed by atoms with E-state index in [1.165, 1.54) is 0 Å². The van der Waals surface area contributed by atoms with Gasteiger partial charge in [0.05, 0.1) is 5.92 Å². The smallest absolute Gasteiger partial charge is 0.229 e. The molecule has 0 bridgehead atoms. The Morgan fingerprint density at radius 3 is 2.83 bits per heavy atom. The van der Waals surface area contributed by atoms with Gasteiger partial charge in [0.2, 0.25) is 5.91 Å². The Kier molecular flexibility index (Phi) is 5.85. The summed E-state index contributed by atoms with van der Waals surface area (Å²) in [7, 11) is 0. The van der Waals surface area contributed by atoms with Gasteiger partial charge in [-0.15, -0.1) is 0 Å². The SMILES string of the molecule is CCCc1cc(NC(=O)C(CN)CC(C)C)n[nH]1. The lowest BCUT2D eigenvalue weighted by atomic mass is 9.96. The number of rotatable bonds is 7. The van der Waals surface area contributed by atoms with Crippen LogP contribution in [0.1, 0.15) is 39.3 Å². The molecule has 1 atom stereocenters. The highest BCUT2D eigenvalue weighted by molar-refractivity contribution is 5.91. The molecule has 0 aliphatic rings. The zero-order valence-electron chi connectivity index (χ0n) is 11.5. The molecule has 0 spiro atoms. The molecule has 1 aromatic heterocycles. The van der Waals surface area contributed by atoms with E-state index in [-0.39, 0.29) is 11.8 Å². The first-order valence-electron chi connectivity index (χ1n) is 6.62. The van der Waals surface area contributed by atoms with E-state index < -0.39 is 0 Å². The Balaban J connectivity index is 2.56. The summed E-state index contributed by atoms with van der Waals surface area (Å²) in [4.78, 5) is 12.0. The largest absolute Gasteiger partial charge is 0.330 e. The molecular formula is C13H24N4O. The molecule has 4 N–H and O–H groups in total. The average Bonchev–Trinajstić information content (AvgIpc) is 2.73. The van der Waals surface area contributed by atoms with Crippen molar-refractivity contribution in [2.75, 3.05) is 11.9 Å². The molecule has 0 fully saturated rings. The molecule has 0 aliphatic carbocycles. The minimum Gasteiger partial charge on any atom is -0.330 e. The summed E-state index contributed by atoms with van der Waals surface area (Å²) in [5, 5.41) is 9.80. The van der Waals surface area contributed by atoms with Gasteiger partial charge in [-0.25, -0.2) is 0 Å². The third kappa shape index (κ3) is 4.49. The van der Waals surface area contributed by atoms with Crippen molar-refractivity contribution in [3.63, 3.8) is 0 Å². The third-order valence-electron chi connectivity index (χ3n) is 2.81. The van der Waals surface area contributed by atoms with Crippen LogP contribution in [0.4, 0.5) is 5.82 Å². The molecule has 5 nitrogen and oxygen atoms in total. The van der Waals surface area contributed by atoms with Crippen LogP contribution in [0, 0.1) is 11.8 Å². The number of aromatic nitrogens is 2. The predicted octanol–water partition coefficient (Wildman–Crippen LogP) is 1.92.